The molecule has 2 aromatic carbocycles. The monoisotopic (exact) mass is 464 g/mol. The molecule has 0 unspecified atom stereocenters. The molecule has 3 aromatic rings. The van der Waals surface area contributed by atoms with Gasteiger partial charge in [0.15, 0.2) is 10.9 Å². The van der Waals surface area contributed by atoms with Gasteiger partial charge in [0.2, 0.25) is 5.91 Å². The van der Waals surface area contributed by atoms with Gasteiger partial charge in [0.1, 0.15) is 11.6 Å². The summed E-state index contributed by atoms with van der Waals surface area (Å²) in [6.45, 7) is 0. The summed E-state index contributed by atoms with van der Waals surface area (Å²) < 4.78 is 6.83. The summed E-state index contributed by atoms with van der Waals surface area (Å²) in [6.07, 6.45) is -0.00324. The van der Waals surface area contributed by atoms with Crippen LogP contribution in [0.15, 0.2) is 47.6 Å². The summed E-state index contributed by atoms with van der Waals surface area (Å²) in [5.41, 5.74) is 0.983. The molecule has 30 heavy (non-hydrogen) atoms. The predicted octanol–water partition coefficient (Wildman–Crippen LogP) is 4.29. The fraction of sp³-hybridized carbons (Fsp3) is 0.200. The first kappa shape index (κ1) is 22.1. The maximum absolute atomic E-state index is 12.4. The lowest BCUT2D eigenvalue weighted by Crippen LogP contribution is -2.17. The van der Waals surface area contributed by atoms with Crippen LogP contribution in [0.3, 0.4) is 0 Å². The van der Waals surface area contributed by atoms with Crippen LogP contribution in [0, 0.1) is 0 Å². The number of Topliss-reactive ketones (excluding diaryl/α,β-unsaturated/α-hetero) is 1. The van der Waals surface area contributed by atoms with Crippen LogP contribution in [0.4, 0.5) is 5.69 Å². The second kappa shape index (κ2) is 9.97. The van der Waals surface area contributed by atoms with Crippen molar-refractivity contribution in [2.75, 3.05) is 18.2 Å². The Bertz CT molecular complexity index is 1090. The molecular weight excluding hydrogens is 447 g/mol. The zero-order valence-electron chi connectivity index (χ0n) is 16.2. The Kier molecular flexibility index (Phi) is 7.36. The fourth-order valence-electron chi connectivity index (χ4n) is 2.57. The van der Waals surface area contributed by atoms with Gasteiger partial charge in [-0.15, -0.1) is 10.2 Å². The number of nitrogens with one attached hydrogen (secondary N) is 1. The molecule has 0 fully saturated rings. The molecule has 0 radical (unpaired) electrons. The highest BCUT2D eigenvalue weighted by atomic mass is 35.5. The van der Waals surface area contributed by atoms with E-state index in [1.165, 1.54) is 11.8 Å². The minimum atomic E-state index is -0.307. The van der Waals surface area contributed by atoms with Crippen LogP contribution in [0.5, 0.6) is 5.75 Å². The maximum atomic E-state index is 12.4. The Labute approximate surface area is 187 Å². The molecule has 0 atom stereocenters. The Balaban J connectivity index is 1.60. The van der Waals surface area contributed by atoms with Crippen LogP contribution >= 0.6 is 35.0 Å². The summed E-state index contributed by atoms with van der Waals surface area (Å²) in [5, 5.41) is 12.0. The summed E-state index contributed by atoms with van der Waals surface area (Å²) in [4.78, 5) is 24.8. The maximum Gasteiger partial charge on any atom is 0.232 e. The summed E-state index contributed by atoms with van der Waals surface area (Å²) >= 11 is 13.3. The van der Waals surface area contributed by atoms with Crippen LogP contribution in [0.2, 0.25) is 10.0 Å². The molecule has 1 N–H and O–H groups in total. The molecule has 3 rings (SSSR count). The van der Waals surface area contributed by atoms with Crippen molar-refractivity contribution in [1.29, 1.82) is 0 Å². The second-order valence-electron chi connectivity index (χ2n) is 6.23. The Morgan fingerprint density at radius 1 is 1.17 bits per heavy atom. The predicted molar refractivity (Wildman–Crippen MR) is 118 cm³/mol. The zero-order chi connectivity index (χ0) is 21.7. The normalized spacial score (nSPS) is 10.7. The van der Waals surface area contributed by atoms with E-state index in [0.29, 0.717) is 33.0 Å². The Morgan fingerprint density at radius 3 is 2.70 bits per heavy atom. The Hall–Kier alpha value is -2.55. The first-order chi connectivity index (χ1) is 14.4. The molecular formula is C20H18Cl2N4O3S. The third-order valence-corrected chi connectivity index (χ3v) is 6.03. The first-order valence-corrected chi connectivity index (χ1v) is 10.6. The number of carbonyl (C=O) groups excluding carboxylic acids is 2. The molecule has 1 amide bonds. The van der Waals surface area contributed by atoms with Gasteiger partial charge < -0.3 is 14.6 Å². The Morgan fingerprint density at radius 2 is 1.93 bits per heavy atom. The van der Waals surface area contributed by atoms with E-state index in [9.17, 15) is 9.59 Å². The van der Waals surface area contributed by atoms with E-state index >= 15 is 0 Å². The van der Waals surface area contributed by atoms with E-state index in [0.717, 1.165) is 0 Å². The lowest BCUT2D eigenvalue weighted by Gasteiger charge is -2.08. The quantitative estimate of drug-likeness (QED) is 0.395. The third kappa shape index (κ3) is 5.33. The highest BCUT2D eigenvalue weighted by molar-refractivity contribution is 7.99. The van der Waals surface area contributed by atoms with E-state index < -0.39 is 0 Å². The van der Waals surface area contributed by atoms with Gasteiger partial charge in [0, 0.05) is 12.6 Å². The number of carbonyl (C=O) groups is 2. The van der Waals surface area contributed by atoms with Gasteiger partial charge in [-0.1, -0.05) is 53.2 Å². The lowest BCUT2D eigenvalue weighted by atomic mass is 10.1. The minimum Gasteiger partial charge on any atom is -0.497 e. The SMILES string of the molecule is COc1cccc(C(=O)CSc2nnc(CC(=O)Nc3cccc(Cl)c3Cl)n2C)c1. The summed E-state index contributed by atoms with van der Waals surface area (Å²) in [6, 6.07) is 12.0. The number of thioether (sulfide) groups is 1. The topological polar surface area (TPSA) is 86.1 Å². The number of hydrogen-bond acceptors (Lipinski definition) is 6. The van der Waals surface area contributed by atoms with Crippen LogP contribution < -0.4 is 10.1 Å². The molecule has 156 valence electrons. The number of hydrogen-bond donors (Lipinski definition) is 1. The first-order valence-electron chi connectivity index (χ1n) is 8.81. The van der Waals surface area contributed by atoms with Crippen LogP contribution in [-0.2, 0) is 18.3 Å². The van der Waals surface area contributed by atoms with Crippen molar-refractivity contribution >= 4 is 52.3 Å². The van der Waals surface area contributed by atoms with Gasteiger partial charge in [0.05, 0.1) is 35.0 Å². The molecule has 0 aliphatic heterocycles. The largest absolute Gasteiger partial charge is 0.497 e. The van der Waals surface area contributed by atoms with Gasteiger partial charge in [-0.3, -0.25) is 9.59 Å². The number of amides is 1. The van der Waals surface area contributed by atoms with Crippen LogP contribution in [0.25, 0.3) is 0 Å². The van der Waals surface area contributed by atoms with Gasteiger partial charge in [-0.05, 0) is 24.3 Å². The van der Waals surface area contributed by atoms with E-state index in [1.54, 1.807) is 61.2 Å². The van der Waals surface area contributed by atoms with Crippen molar-refractivity contribution in [3.8, 4) is 5.75 Å². The highest BCUT2D eigenvalue weighted by Crippen LogP contribution is 2.29. The summed E-state index contributed by atoms with van der Waals surface area (Å²) in [7, 11) is 3.29. The molecule has 0 saturated heterocycles. The molecule has 0 saturated carbocycles. The minimum absolute atomic E-state index is 0.00324. The molecule has 1 aromatic heterocycles. The number of anilines is 1. The molecule has 0 aliphatic rings. The van der Waals surface area contributed by atoms with Crippen molar-refractivity contribution < 1.29 is 14.3 Å². The molecule has 10 heteroatoms. The van der Waals surface area contributed by atoms with E-state index in [2.05, 4.69) is 15.5 Å². The van der Waals surface area contributed by atoms with Gasteiger partial charge in [0.25, 0.3) is 0 Å². The molecule has 0 bridgehead atoms. The number of ketones is 1. The van der Waals surface area contributed by atoms with Crippen LogP contribution in [0.1, 0.15) is 16.2 Å². The van der Waals surface area contributed by atoms with Crippen molar-refractivity contribution in [2.45, 2.75) is 11.6 Å². The van der Waals surface area contributed by atoms with Crippen molar-refractivity contribution in [2.24, 2.45) is 7.05 Å². The lowest BCUT2D eigenvalue weighted by molar-refractivity contribution is -0.115. The fourth-order valence-corrected chi connectivity index (χ4v) is 3.75. The molecule has 1 heterocycles. The van der Waals surface area contributed by atoms with Crippen LogP contribution in [-0.4, -0.2) is 39.3 Å². The second-order valence-corrected chi connectivity index (χ2v) is 7.96. The third-order valence-electron chi connectivity index (χ3n) is 4.19. The highest BCUT2D eigenvalue weighted by Gasteiger charge is 2.16. The zero-order valence-corrected chi connectivity index (χ0v) is 18.5. The number of aromatic nitrogens is 3. The van der Waals surface area contributed by atoms with Gasteiger partial charge in [-0.25, -0.2) is 0 Å². The average molecular weight is 465 g/mol. The average Bonchev–Trinajstić information content (AvgIpc) is 3.09. The van der Waals surface area contributed by atoms with Crippen molar-refractivity contribution in [3.05, 3.63) is 63.9 Å². The van der Waals surface area contributed by atoms with Crippen molar-refractivity contribution in [1.82, 2.24) is 14.8 Å². The molecule has 0 spiro atoms. The van der Waals surface area contributed by atoms with E-state index in [-0.39, 0.29) is 28.9 Å². The molecule has 7 nitrogen and oxygen atoms in total. The summed E-state index contributed by atoms with van der Waals surface area (Å²) in [5.74, 6) is 0.902. The smallest absolute Gasteiger partial charge is 0.232 e. The number of nitrogens with zero attached hydrogens (tertiary/aromatic N) is 3. The van der Waals surface area contributed by atoms with Crippen molar-refractivity contribution in [3.63, 3.8) is 0 Å². The number of rotatable bonds is 8. The van der Waals surface area contributed by atoms with E-state index in [4.69, 9.17) is 27.9 Å². The van der Waals surface area contributed by atoms with Gasteiger partial charge in [-0.2, -0.15) is 0 Å². The number of methoxy groups -OCH3 is 1. The standard InChI is InChI=1S/C20H18Cl2N4O3S/c1-26-17(10-18(28)23-15-8-4-7-14(21)19(15)22)24-25-20(26)30-11-16(27)12-5-3-6-13(9-12)29-2/h3-9H,10-11H2,1-2H3,(H,23,28). The molecule has 0 aliphatic carbocycles. The van der Waals surface area contributed by atoms with Gasteiger partial charge >= 0.3 is 0 Å². The number of benzene rings is 2. The number of ether oxygens (including phenoxy) is 1. The van der Waals surface area contributed by atoms with E-state index in [1.807, 2.05) is 0 Å². The number of halogens is 2.